The van der Waals surface area contributed by atoms with Crippen molar-refractivity contribution in [2.45, 2.75) is 12.6 Å². The average molecular weight is 319 g/mol. The van der Waals surface area contributed by atoms with Crippen molar-refractivity contribution >= 4 is 11.9 Å². The fourth-order valence-corrected chi connectivity index (χ4v) is 1.71. The smallest absolute Gasteiger partial charge is 0.475 e. The largest absolute Gasteiger partial charge is 0.490 e. The maximum atomic E-state index is 11.6. The number of alkyl halides is 3. The molecule has 1 aliphatic heterocycles. The Hall–Kier alpha value is -2.09. The molecule has 1 atom stereocenters. The molecule has 1 fully saturated rings. The number of ether oxygens (including phenoxy) is 1. The van der Waals surface area contributed by atoms with Crippen molar-refractivity contribution in [2.24, 2.45) is 5.92 Å². The standard InChI is InChI=1S/C12H15NO2.C2HF3O2/c14-12(11-4-2-1-3-5-11)15-9-10-6-7-13-8-10;3-2(4,5)1(6)7/h1-5,10,13H,6-9H2;(H,6,7). The number of halogens is 3. The number of carbonyl (C=O) groups is 2. The third-order valence-electron chi connectivity index (χ3n) is 2.86. The number of aliphatic carboxylic acids is 1. The fraction of sp³-hybridized carbons (Fsp3) is 0.429. The lowest BCUT2D eigenvalue weighted by Crippen LogP contribution is -2.21. The van der Waals surface area contributed by atoms with Crippen molar-refractivity contribution in [3.05, 3.63) is 35.9 Å². The van der Waals surface area contributed by atoms with Crippen LogP contribution in [0.5, 0.6) is 0 Å². The topological polar surface area (TPSA) is 75.6 Å². The van der Waals surface area contributed by atoms with Crippen molar-refractivity contribution in [3.63, 3.8) is 0 Å². The van der Waals surface area contributed by atoms with E-state index < -0.39 is 12.1 Å². The summed E-state index contributed by atoms with van der Waals surface area (Å²) in [5, 5.41) is 10.4. The minimum Gasteiger partial charge on any atom is -0.475 e. The molecule has 0 aliphatic carbocycles. The first-order valence-corrected chi connectivity index (χ1v) is 6.53. The molecule has 0 spiro atoms. The van der Waals surface area contributed by atoms with Crippen molar-refractivity contribution in [1.29, 1.82) is 0 Å². The van der Waals surface area contributed by atoms with Crippen LogP contribution in [0.25, 0.3) is 0 Å². The summed E-state index contributed by atoms with van der Waals surface area (Å²) in [5.41, 5.74) is 0.628. The van der Waals surface area contributed by atoms with Crippen LogP contribution in [0.4, 0.5) is 13.2 Å². The molecule has 1 saturated heterocycles. The number of rotatable bonds is 3. The van der Waals surface area contributed by atoms with Gasteiger partial charge in [0.2, 0.25) is 0 Å². The van der Waals surface area contributed by atoms with E-state index in [9.17, 15) is 18.0 Å². The minimum absolute atomic E-state index is 0.220. The second-order valence-electron chi connectivity index (χ2n) is 4.63. The molecule has 1 heterocycles. The van der Waals surface area contributed by atoms with Gasteiger partial charge in [0.15, 0.2) is 0 Å². The molecule has 1 unspecified atom stereocenters. The molecule has 22 heavy (non-hydrogen) atoms. The van der Waals surface area contributed by atoms with E-state index in [4.69, 9.17) is 14.6 Å². The van der Waals surface area contributed by atoms with Crippen LogP contribution < -0.4 is 5.32 Å². The molecule has 0 radical (unpaired) electrons. The van der Waals surface area contributed by atoms with Gasteiger partial charge in [0.1, 0.15) is 0 Å². The van der Waals surface area contributed by atoms with E-state index in [-0.39, 0.29) is 5.97 Å². The number of hydrogen-bond donors (Lipinski definition) is 2. The minimum atomic E-state index is -5.08. The van der Waals surface area contributed by atoms with Gasteiger partial charge < -0.3 is 15.2 Å². The summed E-state index contributed by atoms with van der Waals surface area (Å²) in [4.78, 5) is 20.5. The molecule has 0 bridgehead atoms. The van der Waals surface area contributed by atoms with Gasteiger partial charge in [-0.25, -0.2) is 9.59 Å². The Morgan fingerprint density at radius 1 is 1.27 bits per heavy atom. The molecule has 5 nitrogen and oxygen atoms in total. The lowest BCUT2D eigenvalue weighted by Gasteiger charge is -2.09. The molecule has 1 aromatic carbocycles. The summed E-state index contributed by atoms with van der Waals surface area (Å²) < 4.78 is 37.0. The molecular weight excluding hydrogens is 303 g/mol. The summed E-state index contributed by atoms with van der Waals surface area (Å²) in [6.45, 7) is 2.52. The number of carboxylic acids is 1. The van der Waals surface area contributed by atoms with Gasteiger partial charge >= 0.3 is 18.1 Å². The first-order chi connectivity index (χ1) is 10.3. The third kappa shape index (κ3) is 6.57. The SMILES string of the molecule is O=C(O)C(F)(F)F.O=C(OCC1CCNC1)c1ccccc1. The van der Waals surface area contributed by atoms with Crippen LogP contribution in [0.1, 0.15) is 16.8 Å². The van der Waals surface area contributed by atoms with Crippen LogP contribution in [-0.2, 0) is 9.53 Å². The van der Waals surface area contributed by atoms with Crippen molar-refractivity contribution in [1.82, 2.24) is 5.32 Å². The second kappa shape index (κ2) is 8.38. The quantitative estimate of drug-likeness (QED) is 0.834. The van der Waals surface area contributed by atoms with Crippen LogP contribution in [0.3, 0.4) is 0 Å². The highest BCUT2D eigenvalue weighted by atomic mass is 19.4. The number of nitrogens with one attached hydrogen (secondary N) is 1. The summed E-state index contributed by atoms with van der Waals surface area (Å²) in [6.07, 6.45) is -3.98. The summed E-state index contributed by atoms with van der Waals surface area (Å²) in [6, 6.07) is 9.11. The van der Waals surface area contributed by atoms with Crippen LogP contribution in [-0.4, -0.2) is 42.9 Å². The molecule has 122 valence electrons. The molecule has 0 aromatic heterocycles. The van der Waals surface area contributed by atoms with Crippen LogP contribution in [0.15, 0.2) is 30.3 Å². The van der Waals surface area contributed by atoms with Gasteiger partial charge in [0.25, 0.3) is 0 Å². The predicted octanol–water partition coefficient (Wildman–Crippen LogP) is 2.09. The number of carboxylic acid groups (broad SMARTS) is 1. The molecule has 2 rings (SSSR count). The van der Waals surface area contributed by atoms with E-state index in [1.807, 2.05) is 18.2 Å². The fourth-order valence-electron chi connectivity index (χ4n) is 1.71. The van der Waals surface area contributed by atoms with E-state index in [1.54, 1.807) is 12.1 Å². The van der Waals surface area contributed by atoms with E-state index in [0.29, 0.717) is 18.1 Å². The molecule has 2 N–H and O–H groups in total. The van der Waals surface area contributed by atoms with E-state index in [1.165, 1.54) is 0 Å². The van der Waals surface area contributed by atoms with E-state index in [0.717, 1.165) is 19.5 Å². The van der Waals surface area contributed by atoms with Gasteiger partial charge in [-0.1, -0.05) is 18.2 Å². The highest BCUT2D eigenvalue weighted by molar-refractivity contribution is 5.89. The maximum Gasteiger partial charge on any atom is 0.490 e. The van der Waals surface area contributed by atoms with Gasteiger partial charge in [0.05, 0.1) is 12.2 Å². The lowest BCUT2D eigenvalue weighted by atomic mass is 10.1. The summed E-state index contributed by atoms with van der Waals surface area (Å²) in [5.74, 6) is -2.49. The Bertz CT molecular complexity index is 485. The third-order valence-corrected chi connectivity index (χ3v) is 2.86. The molecule has 1 aromatic rings. The Balaban J connectivity index is 0.000000295. The van der Waals surface area contributed by atoms with Crippen molar-refractivity contribution in [2.75, 3.05) is 19.7 Å². The lowest BCUT2D eigenvalue weighted by molar-refractivity contribution is -0.192. The van der Waals surface area contributed by atoms with Gasteiger partial charge in [-0.2, -0.15) is 13.2 Å². The summed E-state index contributed by atoms with van der Waals surface area (Å²) >= 11 is 0. The molecule has 0 amide bonds. The Morgan fingerprint density at radius 2 is 1.86 bits per heavy atom. The monoisotopic (exact) mass is 319 g/mol. The van der Waals surface area contributed by atoms with Crippen molar-refractivity contribution < 1.29 is 32.6 Å². The van der Waals surface area contributed by atoms with Gasteiger partial charge in [-0.05, 0) is 25.1 Å². The number of carbonyl (C=O) groups excluding carboxylic acids is 1. The highest BCUT2D eigenvalue weighted by Gasteiger charge is 2.38. The van der Waals surface area contributed by atoms with Gasteiger partial charge in [0, 0.05) is 12.5 Å². The second-order valence-corrected chi connectivity index (χ2v) is 4.63. The van der Waals surface area contributed by atoms with Gasteiger partial charge in [-0.3, -0.25) is 0 Å². The maximum absolute atomic E-state index is 11.6. The zero-order valence-electron chi connectivity index (χ0n) is 11.6. The molecule has 8 heteroatoms. The van der Waals surface area contributed by atoms with Crippen LogP contribution in [0, 0.1) is 5.92 Å². The number of esters is 1. The van der Waals surface area contributed by atoms with Crippen LogP contribution in [0.2, 0.25) is 0 Å². The first-order valence-electron chi connectivity index (χ1n) is 6.53. The molecule has 0 saturated carbocycles. The van der Waals surface area contributed by atoms with Crippen LogP contribution >= 0.6 is 0 Å². The zero-order chi connectivity index (χ0) is 16.6. The Kier molecular flexibility index (Phi) is 6.84. The predicted molar refractivity (Wildman–Crippen MR) is 71.4 cm³/mol. The van der Waals surface area contributed by atoms with E-state index >= 15 is 0 Å². The van der Waals surface area contributed by atoms with Crippen molar-refractivity contribution in [3.8, 4) is 0 Å². The Morgan fingerprint density at radius 3 is 2.32 bits per heavy atom. The number of hydrogen-bond acceptors (Lipinski definition) is 4. The van der Waals surface area contributed by atoms with Gasteiger partial charge in [-0.15, -0.1) is 0 Å². The normalized spacial score (nSPS) is 17.3. The summed E-state index contributed by atoms with van der Waals surface area (Å²) in [7, 11) is 0. The average Bonchev–Trinajstić information content (AvgIpc) is 2.98. The Labute approximate surface area is 125 Å². The first kappa shape index (κ1) is 18.0. The molecule has 1 aliphatic rings. The van der Waals surface area contributed by atoms with E-state index in [2.05, 4.69) is 5.32 Å². The zero-order valence-corrected chi connectivity index (χ0v) is 11.6. The number of benzene rings is 1. The molecular formula is C14H16F3NO4. The highest BCUT2D eigenvalue weighted by Crippen LogP contribution is 2.13.